The first kappa shape index (κ1) is 129. The zero-order chi connectivity index (χ0) is 105. The molecule has 0 atom stereocenters. The molecular formula is C135H240N5O5+5. The molecule has 0 unspecified atom stereocenters. The minimum atomic E-state index is 0.680. The van der Waals surface area contributed by atoms with Crippen molar-refractivity contribution in [3.05, 3.63) is 144 Å². The van der Waals surface area contributed by atoms with Gasteiger partial charge < -0.3 is 46.1 Å². The molecule has 5 aromatic carbocycles. The van der Waals surface area contributed by atoms with Crippen molar-refractivity contribution in [2.45, 2.75) is 549 Å². The van der Waals surface area contributed by atoms with E-state index in [9.17, 15) is 0 Å². The Balaban J connectivity index is 1.66. The molecule has 0 heterocycles. The second-order valence-electron chi connectivity index (χ2n) is 51.6. The number of quaternary nitrogens is 5. The molecule has 0 fully saturated rings. The lowest BCUT2D eigenvalue weighted by molar-refractivity contribution is -0.884. The highest BCUT2D eigenvalue weighted by molar-refractivity contribution is 5.59. The minimum absolute atomic E-state index is 0.680. The minimum Gasteiger partial charge on any atom is -0.493 e. The van der Waals surface area contributed by atoms with Gasteiger partial charge in [0.2, 0.25) is 0 Å². The third kappa shape index (κ3) is 62.0. The number of ether oxygens (including phenoxy) is 5. The highest BCUT2D eigenvalue weighted by Gasteiger charge is 2.30. The Labute approximate surface area is 900 Å². The summed E-state index contributed by atoms with van der Waals surface area (Å²) in [5.74, 6) is 5.33. The summed E-state index contributed by atoms with van der Waals surface area (Å²) in [5, 5.41) is 0. The Morgan fingerprint density at radius 1 is 0.138 bits per heavy atom. The van der Waals surface area contributed by atoms with Crippen LogP contribution in [0, 0.1) is 0 Å². The van der Waals surface area contributed by atoms with Crippen LogP contribution in [0.4, 0.5) is 0 Å². The average molecular weight is 2010 g/mol. The summed E-state index contributed by atoms with van der Waals surface area (Å²) in [5.41, 5.74) is 19.5. The van der Waals surface area contributed by atoms with E-state index in [1.807, 2.05) is 0 Å². The molecule has 145 heavy (non-hydrogen) atoms. The second-order valence-corrected chi connectivity index (χ2v) is 51.6. The summed E-state index contributed by atoms with van der Waals surface area (Å²) in [6.45, 7) is 19.5. The smallest absolute Gasteiger partial charge is 0.126 e. The van der Waals surface area contributed by atoms with Crippen molar-refractivity contribution in [2.75, 3.05) is 139 Å². The molecule has 1 aliphatic rings. The number of nitrogens with zero attached hydrogens (tertiary/aromatic N) is 5. The zero-order valence-corrected chi connectivity index (χ0v) is 100. The van der Waals surface area contributed by atoms with E-state index >= 15 is 0 Å². The Kier molecular flexibility index (Phi) is 68.5. The van der Waals surface area contributed by atoms with Crippen LogP contribution < -0.4 is 23.7 Å². The average Bonchev–Trinajstić information content (AvgIpc) is 0.771. The molecule has 0 N–H and O–H groups in total. The van der Waals surface area contributed by atoms with Crippen LogP contribution in [-0.4, -0.2) is 161 Å². The molecule has 10 bridgehead atoms. The molecule has 0 saturated carbocycles. The molecule has 5 aromatic rings. The number of fused-ring (bicyclic) bond motifs is 10. The highest BCUT2D eigenvalue weighted by atomic mass is 16.5. The van der Waals surface area contributed by atoms with Crippen molar-refractivity contribution in [1.29, 1.82) is 0 Å². The van der Waals surface area contributed by atoms with Crippen LogP contribution in [0.5, 0.6) is 28.7 Å². The monoisotopic (exact) mass is 2010 g/mol. The highest BCUT2D eigenvalue weighted by Crippen LogP contribution is 2.44. The third-order valence-corrected chi connectivity index (χ3v) is 30.4. The predicted molar refractivity (Wildman–Crippen MR) is 634 cm³/mol. The SMILES string of the molecule is CCCCCCCCCCCCCCCCOc1c2cc(C[N+](C)(C)C)cc1Cc1cc(C[N+](C)(C)C)cc(c1OCCCCCCCCCCCCCCCC)Cc1cc(C[N+](C)(C)C)cc(c1OCCCCCCCCCCCCCCCC)Cc1cc(C[N+](C)(C)C)cc(c1OCCCCCCCCCCCCCCCC)Cc1cc(C[N+](C)(C)C)cc(c1OCCCCCCCCCCCCCCCC)C2. The fourth-order valence-electron chi connectivity index (χ4n) is 22.9. The normalized spacial score (nSPS) is 12.8. The number of hydrogen-bond acceptors (Lipinski definition) is 5. The van der Waals surface area contributed by atoms with Gasteiger partial charge in [0.05, 0.1) is 139 Å². The van der Waals surface area contributed by atoms with Gasteiger partial charge in [-0.1, -0.05) is 452 Å². The summed E-state index contributed by atoms with van der Waals surface area (Å²) in [7, 11) is 35.8. The fraction of sp³-hybridized carbons (Fsp3) is 0.778. The molecule has 0 amide bonds. The van der Waals surface area contributed by atoms with Crippen LogP contribution in [0.3, 0.4) is 0 Å². The number of hydrogen-bond donors (Lipinski definition) is 0. The lowest BCUT2D eigenvalue weighted by atomic mass is 9.88. The van der Waals surface area contributed by atoms with Gasteiger partial charge in [-0.05, 0) is 148 Å². The van der Waals surface area contributed by atoms with Crippen LogP contribution in [0.1, 0.15) is 568 Å². The van der Waals surface area contributed by atoms with Gasteiger partial charge in [-0.25, -0.2) is 0 Å². The summed E-state index contributed by atoms with van der Waals surface area (Å²) < 4.78 is 43.4. The molecule has 0 saturated heterocycles. The van der Waals surface area contributed by atoms with Crippen molar-refractivity contribution < 1.29 is 46.1 Å². The van der Waals surface area contributed by atoms with Crippen molar-refractivity contribution >= 4 is 0 Å². The van der Waals surface area contributed by atoms with Gasteiger partial charge in [0.25, 0.3) is 0 Å². The standard InChI is InChI=1S/C135H240N5O5/c1-21-26-31-36-41-46-51-56-61-66-71-76-81-86-91-141-131-121-96-116(111-136(6,7)8)97-122(131)107-124-99-118(113-138(12,13)14)101-126(133(124)143-93-88-83-78-73-68-63-58-53-48-43-38-33-28-23-3)109-128-103-120(115-140(18,19)20)105-130(135(128)145-95-90-85-80-75-70-65-60-55-50-45-40-35-30-25-5)110-129-104-119(114-139(15,16)17)102-127(134(129)144-94-89-84-79-74-69-64-59-54-49-44-39-34-29-24-4)108-125-100-117(112-137(9,10)11)98-123(106-121)132(125)142-92-87-82-77-72-67-62-57-52-47-42-37-32-27-22-2/h96-105H,21-95,106-115H2,1-20H3/q+5. The van der Waals surface area contributed by atoms with E-state index in [2.05, 4.69) is 201 Å². The lowest BCUT2D eigenvalue weighted by Crippen LogP contribution is -2.33. The summed E-state index contributed by atoms with van der Waals surface area (Å²) in [4.78, 5) is 0. The molecule has 10 nitrogen and oxygen atoms in total. The van der Waals surface area contributed by atoms with Gasteiger partial charge in [0.15, 0.2) is 0 Å². The fourth-order valence-corrected chi connectivity index (χ4v) is 22.9. The Morgan fingerprint density at radius 2 is 0.228 bits per heavy atom. The maximum Gasteiger partial charge on any atom is 0.126 e. The Morgan fingerprint density at radius 3 is 0.317 bits per heavy atom. The van der Waals surface area contributed by atoms with Crippen LogP contribution in [0.25, 0.3) is 0 Å². The van der Waals surface area contributed by atoms with Crippen molar-refractivity contribution in [1.82, 2.24) is 0 Å². The van der Waals surface area contributed by atoms with Crippen LogP contribution in [-0.2, 0) is 64.8 Å². The van der Waals surface area contributed by atoms with Crippen LogP contribution in [0.15, 0.2) is 60.7 Å². The molecule has 0 spiro atoms. The van der Waals surface area contributed by atoms with Crippen LogP contribution >= 0.6 is 0 Å². The molecule has 0 aliphatic heterocycles. The maximum absolute atomic E-state index is 7.88. The lowest BCUT2D eigenvalue weighted by Gasteiger charge is -2.28. The summed E-state index contributed by atoms with van der Waals surface area (Å²) in [6, 6.07) is 26.0. The maximum atomic E-state index is 7.88. The first-order valence-corrected chi connectivity index (χ1v) is 62.9. The number of unbranched alkanes of at least 4 members (excludes halogenated alkanes) is 65. The zero-order valence-electron chi connectivity index (χ0n) is 100. The van der Waals surface area contributed by atoms with Gasteiger partial charge in [-0.15, -0.1) is 0 Å². The summed E-state index contributed by atoms with van der Waals surface area (Å²) >= 11 is 0. The first-order chi connectivity index (χ1) is 70.0. The molecule has 0 radical (unpaired) electrons. The van der Waals surface area contributed by atoms with Gasteiger partial charge in [-0.2, -0.15) is 0 Å². The largest absolute Gasteiger partial charge is 0.493 e. The van der Waals surface area contributed by atoms with Crippen molar-refractivity contribution in [3.63, 3.8) is 0 Å². The first-order valence-electron chi connectivity index (χ1n) is 62.9. The van der Waals surface area contributed by atoms with Gasteiger partial charge in [0, 0.05) is 59.9 Å². The topological polar surface area (TPSA) is 46.2 Å². The van der Waals surface area contributed by atoms with E-state index in [4.69, 9.17) is 23.7 Å². The van der Waals surface area contributed by atoms with E-state index in [-0.39, 0.29) is 0 Å². The Hall–Kier alpha value is -5.10. The number of rotatable bonds is 90. The van der Waals surface area contributed by atoms with Crippen LogP contribution in [0.2, 0.25) is 0 Å². The van der Waals surface area contributed by atoms with Crippen molar-refractivity contribution in [2.24, 2.45) is 0 Å². The van der Waals surface area contributed by atoms with Gasteiger partial charge in [0.1, 0.15) is 61.5 Å². The number of benzene rings is 5. The molecule has 830 valence electrons. The Bertz CT molecular complexity index is 3350. The van der Waals surface area contributed by atoms with E-state index < -0.39 is 0 Å². The van der Waals surface area contributed by atoms with Gasteiger partial charge >= 0.3 is 0 Å². The summed E-state index contributed by atoms with van der Waals surface area (Å²) in [6.07, 6.45) is 96.3. The molecule has 1 aliphatic carbocycles. The quantitative estimate of drug-likeness (QED) is 0.0281. The van der Waals surface area contributed by atoms with Crippen molar-refractivity contribution in [3.8, 4) is 28.7 Å². The second kappa shape index (κ2) is 77.3. The molecule has 10 heteroatoms. The molecular weight excluding hydrogens is 1770 g/mol. The molecule has 6 rings (SSSR count). The molecule has 0 aromatic heterocycles. The van der Waals surface area contributed by atoms with E-state index in [0.717, 1.165) is 116 Å². The third-order valence-electron chi connectivity index (χ3n) is 30.4. The van der Waals surface area contributed by atoms with E-state index in [1.54, 1.807) is 0 Å². The predicted octanol–water partition coefficient (Wildman–Crippen LogP) is 38.3. The van der Waals surface area contributed by atoms with E-state index in [1.165, 1.54) is 501 Å². The van der Waals surface area contributed by atoms with Gasteiger partial charge in [-0.3, -0.25) is 0 Å². The van der Waals surface area contributed by atoms with E-state index in [0.29, 0.717) is 65.1 Å².